The van der Waals surface area contributed by atoms with Gasteiger partial charge in [-0.2, -0.15) is 8.42 Å². The van der Waals surface area contributed by atoms with Crippen LogP contribution in [0.25, 0.3) is 0 Å². The van der Waals surface area contributed by atoms with Crippen molar-refractivity contribution in [2.24, 2.45) is 22.0 Å². The molecule has 6 nitrogen and oxygen atoms in total. The lowest BCUT2D eigenvalue weighted by atomic mass is 13.0. The molecule has 0 aliphatic carbocycles. The van der Waals surface area contributed by atoms with Gasteiger partial charge in [0.2, 0.25) is 0 Å². The molecular formula is H6N4O2S. The standard InChI is InChI=1S/H2N2O2S.H4N2/c1-2-5(3)4;1-2/h1H2;1-2H2. The Bertz CT molecular complexity index is 113. The van der Waals surface area contributed by atoms with E-state index in [9.17, 15) is 0 Å². The van der Waals surface area contributed by atoms with Crippen molar-refractivity contribution in [1.82, 2.24) is 0 Å². The molecule has 0 amide bonds. The van der Waals surface area contributed by atoms with Crippen molar-refractivity contribution in [3.63, 3.8) is 0 Å². The second-order valence-electron chi connectivity index (χ2n) is 0.323. The van der Waals surface area contributed by atoms with Crippen LogP contribution in [0.1, 0.15) is 0 Å². The number of hydrazine groups is 1. The minimum absolute atomic E-state index is 2.31. The fourth-order valence-corrected chi connectivity index (χ4v) is 0. The van der Waals surface area contributed by atoms with Gasteiger partial charge in [0.25, 0.3) is 0 Å². The zero-order valence-electron chi connectivity index (χ0n) is 3.40. The van der Waals surface area contributed by atoms with Crippen LogP contribution in [0.3, 0.4) is 0 Å². The molecule has 0 saturated carbocycles. The maximum atomic E-state index is 9.08. The summed E-state index contributed by atoms with van der Waals surface area (Å²) in [5, 5.41) is 0. The molecule has 0 rings (SSSR count). The second-order valence-corrected chi connectivity index (χ2v) is 0.968. The van der Waals surface area contributed by atoms with Gasteiger partial charge in [-0.1, -0.05) is 4.47 Å². The fourth-order valence-electron chi connectivity index (χ4n) is 0. The predicted octanol–water partition coefficient (Wildman–Crippen LogP) is -2.26. The number of rotatable bonds is 0. The molecular weight excluding hydrogens is 120 g/mol. The van der Waals surface area contributed by atoms with Crippen LogP contribution in [0.4, 0.5) is 0 Å². The van der Waals surface area contributed by atoms with Gasteiger partial charge in [-0.05, 0) is 0 Å². The molecule has 0 aromatic heterocycles. The van der Waals surface area contributed by atoms with E-state index in [1.54, 1.807) is 0 Å². The van der Waals surface area contributed by atoms with Crippen molar-refractivity contribution in [3.05, 3.63) is 0 Å². The molecule has 0 aromatic rings. The van der Waals surface area contributed by atoms with Crippen molar-refractivity contribution in [2.75, 3.05) is 0 Å². The lowest BCUT2D eigenvalue weighted by Crippen LogP contribution is -2.02. The third-order valence-electron chi connectivity index (χ3n) is 0.0861. The Balaban J connectivity index is 0. The molecule has 0 aromatic carbocycles. The van der Waals surface area contributed by atoms with Crippen molar-refractivity contribution >= 4 is 10.5 Å². The van der Waals surface area contributed by atoms with Gasteiger partial charge in [0.05, 0.1) is 0 Å². The van der Waals surface area contributed by atoms with Gasteiger partial charge in [0.15, 0.2) is 0 Å². The number of hydrogen-bond acceptors (Lipinski definition) is 5. The lowest BCUT2D eigenvalue weighted by molar-refractivity contribution is 0.620. The summed E-state index contributed by atoms with van der Waals surface area (Å²) in [5.74, 6) is 12.2. The molecule has 0 aliphatic rings. The zero-order valence-corrected chi connectivity index (χ0v) is 4.22. The Hall–Kier alpha value is -0.500. The van der Waals surface area contributed by atoms with Crippen LogP contribution in [0.2, 0.25) is 0 Å². The van der Waals surface area contributed by atoms with Gasteiger partial charge >= 0.3 is 10.5 Å². The Kier molecular flexibility index (Phi) is 12.6. The maximum absolute atomic E-state index is 9.08. The van der Waals surface area contributed by atoms with Gasteiger partial charge in [-0.25, -0.2) is 5.84 Å². The van der Waals surface area contributed by atoms with Gasteiger partial charge < -0.3 is 0 Å². The molecule has 7 heavy (non-hydrogen) atoms. The largest absolute Gasteiger partial charge is 0.327 e. The van der Waals surface area contributed by atoms with E-state index in [1.807, 2.05) is 0 Å². The van der Waals surface area contributed by atoms with E-state index < -0.39 is 10.5 Å². The van der Waals surface area contributed by atoms with Crippen molar-refractivity contribution in [1.29, 1.82) is 0 Å². The molecule has 0 bridgehead atoms. The van der Waals surface area contributed by atoms with Crippen molar-refractivity contribution in [3.8, 4) is 0 Å². The Morgan fingerprint density at radius 2 is 1.43 bits per heavy atom. The fraction of sp³-hybridized carbons (Fsp3) is 0. The van der Waals surface area contributed by atoms with E-state index in [0.717, 1.165) is 0 Å². The molecule has 0 saturated heterocycles. The molecule has 0 fully saturated rings. The maximum Gasteiger partial charge on any atom is 0.327 e. The van der Waals surface area contributed by atoms with E-state index in [1.165, 1.54) is 0 Å². The Morgan fingerprint density at radius 3 is 1.43 bits per heavy atom. The molecule has 0 radical (unpaired) electrons. The van der Waals surface area contributed by atoms with Crippen LogP contribution in [-0.4, -0.2) is 8.42 Å². The molecule has 6 N–H and O–H groups in total. The topological polar surface area (TPSA) is 125 Å². The molecule has 0 heterocycles. The minimum atomic E-state index is -2.42. The van der Waals surface area contributed by atoms with E-state index in [2.05, 4.69) is 22.0 Å². The van der Waals surface area contributed by atoms with Crippen LogP contribution in [0.15, 0.2) is 4.47 Å². The zero-order chi connectivity index (χ0) is 6.28. The molecule has 0 spiro atoms. The molecule has 7 heteroatoms. The highest BCUT2D eigenvalue weighted by Gasteiger charge is 1.47. The summed E-state index contributed by atoms with van der Waals surface area (Å²) in [6, 6.07) is 0. The van der Waals surface area contributed by atoms with Crippen LogP contribution in [-0.2, 0) is 10.5 Å². The summed E-state index contributed by atoms with van der Waals surface area (Å²) >= 11 is 0. The van der Waals surface area contributed by atoms with E-state index in [4.69, 9.17) is 8.42 Å². The highest BCUT2D eigenvalue weighted by molar-refractivity contribution is 7.61. The summed E-state index contributed by atoms with van der Waals surface area (Å²) < 4.78 is 20.5. The summed E-state index contributed by atoms with van der Waals surface area (Å²) in [7, 11) is -2.42. The highest BCUT2D eigenvalue weighted by Crippen LogP contribution is 1.32. The number of hydrogen-bond donors (Lipinski definition) is 3. The van der Waals surface area contributed by atoms with Gasteiger partial charge in [0, 0.05) is 0 Å². The van der Waals surface area contributed by atoms with Crippen LogP contribution in [0, 0.1) is 0 Å². The van der Waals surface area contributed by atoms with Crippen molar-refractivity contribution in [2.45, 2.75) is 0 Å². The predicted molar refractivity (Wildman–Crippen MR) is 23.9 cm³/mol. The Labute approximate surface area is 41.9 Å². The Morgan fingerprint density at radius 1 is 1.29 bits per heavy atom. The van der Waals surface area contributed by atoms with Gasteiger partial charge in [-0.3, -0.25) is 11.7 Å². The minimum Gasteiger partial charge on any atom is -0.274 e. The van der Waals surface area contributed by atoms with Crippen LogP contribution < -0.4 is 17.5 Å². The highest BCUT2D eigenvalue weighted by atomic mass is 32.2. The van der Waals surface area contributed by atoms with E-state index in [0.29, 0.717) is 0 Å². The SMILES string of the molecule is NN.NN=S(=O)=O. The lowest BCUT2D eigenvalue weighted by Gasteiger charge is -1.43. The molecule has 0 aliphatic heterocycles. The van der Waals surface area contributed by atoms with Crippen molar-refractivity contribution < 1.29 is 8.42 Å². The second kappa shape index (κ2) is 9.09. The average Bonchev–Trinajstić information content (AvgIpc) is 1.73. The number of nitrogens with zero attached hydrogens (tertiary/aromatic N) is 1. The number of nitrogens with two attached hydrogens (primary N) is 3. The van der Waals surface area contributed by atoms with E-state index in [-0.39, 0.29) is 0 Å². The third kappa shape index (κ3) is 29.9. The first-order chi connectivity index (χ1) is 3.27. The van der Waals surface area contributed by atoms with Gasteiger partial charge in [-0.15, -0.1) is 0 Å². The monoisotopic (exact) mass is 126 g/mol. The van der Waals surface area contributed by atoms with E-state index >= 15 is 0 Å². The molecule has 44 valence electrons. The first-order valence-electron chi connectivity index (χ1n) is 1.11. The third-order valence-corrected chi connectivity index (χ3v) is 0.258. The first-order valence-corrected chi connectivity index (χ1v) is 2.14. The molecule has 0 unspecified atom stereocenters. The van der Waals surface area contributed by atoms with Crippen LogP contribution in [0.5, 0.6) is 0 Å². The molecule has 0 atom stereocenters. The average molecular weight is 126 g/mol. The summed E-state index contributed by atoms with van der Waals surface area (Å²) in [4.78, 5) is 0. The quantitative estimate of drug-likeness (QED) is 0.249. The first kappa shape index (κ1) is 9.71. The van der Waals surface area contributed by atoms with Gasteiger partial charge in [0.1, 0.15) is 0 Å². The summed E-state index contributed by atoms with van der Waals surface area (Å²) in [6.07, 6.45) is 0. The summed E-state index contributed by atoms with van der Waals surface area (Å²) in [6.45, 7) is 0. The van der Waals surface area contributed by atoms with Crippen LogP contribution >= 0.6 is 0 Å². The summed E-state index contributed by atoms with van der Waals surface area (Å²) in [5.41, 5.74) is 0. The smallest absolute Gasteiger partial charge is 0.274 e. The normalized spacial score (nSPS) is 5.57.